The minimum Gasteiger partial charge on any atom is -0.466 e. The summed E-state index contributed by atoms with van der Waals surface area (Å²) in [5.41, 5.74) is -3.31. The Morgan fingerprint density at radius 2 is 1.80 bits per heavy atom. The highest BCUT2D eigenvalue weighted by molar-refractivity contribution is 5.95. The molecule has 3 aromatic rings. The van der Waals surface area contributed by atoms with E-state index in [-0.39, 0.29) is 11.2 Å². The number of halogens is 6. The lowest BCUT2D eigenvalue weighted by atomic mass is 10.1. The average molecular weight is 431 g/mol. The monoisotopic (exact) mass is 431 g/mol. The van der Waals surface area contributed by atoms with Gasteiger partial charge >= 0.3 is 12.4 Å². The van der Waals surface area contributed by atoms with Crippen LogP contribution < -0.4 is 5.32 Å². The van der Waals surface area contributed by atoms with Gasteiger partial charge in [0, 0.05) is 12.1 Å². The Morgan fingerprint density at radius 3 is 2.37 bits per heavy atom. The molecule has 5 nitrogen and oxygen atoms in total. The molecule has 30 heavy (non-hydrogen) atoms. The molecule has 0 saturated carbocycles. The number of carbonyl (C=O) groups is 1. The van der Waals surface area contributed by atoms with Crippen LogP contribution in [0.2, 0.25) is 0 Å². The van der Waals surface area contributed by atoms with Crippen LogP contribution in [0.25, 0.3) is 5.69 Å². The molecular weight excluding hydrogens is 416 g/mol. The Balaban J connectivity index is 1.96. The molecule has 0 saturated heterocycles. The fourth-order valence-corrected chi connectivity index (χ4v) is 2.93. The Bertz CT molecular complexity index is 1080. The number of rotatable bonds is 4. The van der Waals surface area contributed by atoms with Gasteiger partial charge in [0.25, 0.3) is 5.91 Å². The largest absolute Gasteiger partial charge is 0.466 e. The van der Waals surface area contributed by atoms with E-state index in [9.17, 15) is 31.1 Å². The summed E-state index contributed by atoms with van der Waals surface area (Å²) in [6.45, 7) is 3.23. The summed E-state index contributed by atoms with van der Waals surface area (Å²) in [7, 11) is 0. The minimum absolute atomic E-state index is 0.0892. The molecule has 0 aliphatic rings. The summed E-state index contributed by atoms with van der Waals surface area (Å²) < 4.78 is 85.4. The van der Waals surface area contributed by atoms with Crippen molar-refractivity contribution >= 4 is 5.91 Å². The maximum Gasteiger partial charge on any atom is 0.434 e. The van der Waals surface area contributed by atoms with Crippen LogP contribution in [-0.4, -0.2) is 15.7 Å². The van der Waals surface area contributed by atoms with Gasteiger partial charge < -0.3 is 9.73 Å². The third-order valence-electron chi connectivity index (χ3n) is 4.28. The second-order valence-corrected chi connectivity index (χ2v) is 6.49. The summed E-state index contributed by atoms with van der Waals surface area (Å²) in [6, 6.07) is 4.89. The van der Waals surface area contributed by atoms with Gasteiger partial charge in [-0.2, -0.15) is 31.4 Å². The van der Waals surface area contributed by atoms with E-state index >= 15 is 0 Å². The Hall–Kier alpha value is -3.24. The Kier molecular flexibility index (Phi) is 5.40. The summed E-state index contributed by atoms with van der Waals surface area (Å²) in [6.07, 6.45) is -9.12. The average Bonchev–Trinajstić information content (AvgIpc) is 3.22. The molecule has 1 N–H and O–H groups in total. The molecule has 160 valence electrons. The van der Waals surface area contributed by atoms with E-state index in [0.717, 1.165) is 18.2 Å². The van der Waals surface area contributed by atoms with Gasteiger partial charge in [-0.25, -0.2) is 4.68 Å². The van der Waals surface area contributed by atoms with Gasteiger partial charge in [0.1, 0.15) is 11.5 Å². The van der Waals surface area contributed by atoms with Gasteiger partial charge in [-0.1, -0.05) is 6.07 Å². The molecule has 0 aliphatic heterocycles. The van der Waals surface area contributed by atoms with Crippen LogP contribution in [0.3, 0.4) is 0 Å². The maximum atomic E-state index is 13.7. The van der Waals surface area contributed by atoms with Crippen molar-refractivity contribution in [3.05, 3.63) is 70.4 Å². The number of nitrogens with zero attached hydrogens (tertiary/aromatic N) is 2. The highest BCUT2D eigenvalue weighted by atomic mass is 19.4. The quantitative estimate of drug-likeness (QED) is 0.589. The number of hydrogen-bond acceptors (Lipinski definition) is 3. The molecular formula is C19H15F6N3O2. The maximum absolute atomic E-state index is 13.7. The van der Waals surface area contributed by atoms with Crippen molar-refractivity contribution in [3.8, 4) is 5.69 Å². The lowest BCUT2D eigenvalue weighted by Crippen LogP contribution is -2.26. The SMILES string of the molecule is Cc1cc(CNC(=O)c2cnn(-c3cccc(C(F)(F)F)c3)c2C(F)(F)F)c(C)o1. The molecule has 0 unspecified atom stereocenters. The van der Waals surface area contributed by atoms with Crippen LogP contribution in [0.15, 0.2) is 40.9 Å². The molecule has 0 atom stereocenters. The van der Waals surface area contributed by atoms with E-state index in [2.05, 4.69) is 10.4 Å². The Morgan fingerprint density at radius 1 is 1.10 bits per heavy atom. The van der Waals surface area contributed by atoms with Crippen molar-refractivity contribution in [3.63, 3.8) is 0 Å². The molecule has 0 radical (unpaired) electrons. The first-order valence-corrected chi connectivity index (χ1v) is 8.55. The van der Waals surface area contributed by atoms with E-state index in [0.29, 0.717) is 29.3 Å². The van der Waals surface area contributed by atoms with Gasteiger partial charge in [0.15, 0.2) is 5.69 Å². The van der Waals surface area contributed by atoms with Gasteiger partial charge in [-0.15, -0.1) is 0 Å². The smallest absolute Gasteiger partial charge is 0.434 e. The number of furan rings is 1. The molecule has 0 fully saturated rings. The normalized spacial score (nSPS) is 12.3. The molecule has 1 aromatic carbocycles. The first-order valence-electron chi connectivity index (χ1n) is 8.55. The molecule has 0 aliphatic carbocycles. The molecule has 2 heterocycles. The van der Waals surface area contributed by atoms with Gasteiger partial charge in [-0.3, -0.25) is 4.79 Å². The predicted molar refractivity (Wildman–Crippen MR) is 92.9 cm³/mol. The lowest BCUT2D eigenvalue weighted by Gasteiger charge is -2.14. The topological polar surface area (TPSA) is 60.1 Å². The zero-order chi connectivity index (χ0) is 22.3. The molecule has 3 rings (SSSR count). The van der Waals surface area contributed by atoms with E-state index < -0.39 is 40.8 Å². The third kappa shape index (κ3) is 4.34. The molecule has 0 bridgehead atoms. The Labute approximate surface area is 166 Å². The zero-order valence-corrected chi connectivity index (χ0v) is 15.6. The molecule has 1 amide bonds. The van der Waals surface area contributed by atoms with Gasteiger partial charge in [-0.05, 0) is 38.1 Å². The number of benzene rings is 1. The van der Waals surface area contributed by atoms with Crippen LogP contribution in [0.1, 0.15) is 38.7 Å². The second-order valence-electron chi connectivity index (χ2n) is 6.49. The van der Waals surface area contributed by atoms with Crippen molar-refractivity contribution in [2.75, 3.05) is 0 Å². The fourth-order valence-electron chi connectivity index (χ4n) is 2.93. The van der Waals surface area contributed by atoms with Crippen LogP contribution in [-0.2, 0) is 18.9 Å². The number of amides is 1. The van der Waals surface area contributed by atoms with Crippen molar-refractivity contribution in [2.24, 2.45) is 0 Å². The van der Waals surface area contributed by atoms with E-state index in [4.69, 9.17) is 4.42 Å². The number of aromatic nitrogens is 2. The van der Waals surface area contributed by atoms with Crippen molar-refractivity contribution < 1.29 is 35.6 Å². The summed E-state index contributed by atoms with van der Waals surface area (Å²) >= 11 is 0. The predicted octanol–water partition coefficient (Wildman–Crippen LogP) is 5.05. The van der Waals surface area contributed by atoms with Gasteiger partial charge in [0.05, 0.1) is 23.0 Å². The number of alkyl halides is 6. The standard InChI is InChI=1S/C19H15F6N3O2/c1-10-6-12(11(2)30-10)8-26-17(29)15-9-27-28(16(15)19(23,24)25)14-5-3-4-13(7-14)18(20,21)22/h3-7,9H,8H2,1-2H3,(H,26,29). The fraction of sp³-hybridized carbons (Fsp3) is 0.263. The summed E-state index contributed by atoms with van der Waals surface area (Å²) in [4.78, 5) is 12.4. The zero-order valence-electron chi connectivity index (χ0n) is 15.6. The minimum atomic E-state index is -5.04. The third-order valence-corrected chi connectivity index (χ3v) is 4.28. The summed E-state index contributed by atoms with van der Waals surface area (Å²) in [5.74, 6) is 0.00686. The van der Waals surface area contributed by atoms with Crippen molar-refractivity contribution in [2.45, 2.75) is 32.7 Å². The van der Waals surface area contributed by atoms with Gasteiger partial charge in [0.2, 0.25) is 0 Å². The molecule has 2 aromatic heterocycles. The summed E-state index contributed by atoms with van der Waals surface area (Å²) in [5, 5.41) is 5.87. The number of nitrogens with one attached hydrogen (secondary N) is 1. The van der Waals surface area contributed by atoms with Crippen LogP contribution >= 0.6 is 0 Å². The van der Waals surface area contributed by atoms with E-state index in [1.54, 1.807) is 19.9 Å². The van der Waals surface area contributed by atoms with Crippen LogP contribution in [0.4, 0.5) is 26.3 Å². The lowest BCUT2D eigenvalue weighted by molar-refractivity contribution is -0.143. The molecule has 11 heteroatoms. The highest BCUT2D eigenvalue weighted by Crippen LogP contribution is 2.35. The van der Waals surface area contributed by atoms with Crippen molar-refractivity contribution in [1.82, 2.24) is 15.1 Å². The second kappa shape index (κ2) is 7.54. The van der Waals surface area contributed by atoms with Crippen molar-refractivity contribution in [1.29, 1.82) is 0 Å². The molecule has 0 spiro atoms. The van der Waals surface area contributed by atoms with Crippen LogP contribution in [0.5, 0.6) is 0 Å². The highest BCUT2D eigenvalue weighted by Gasteiger charge is 2.41. The van der Waals surface area contributed by atoms with Crippen LogP contribution in [0, 0.1) is 13.8 Å². The number of hydrogen-bond donors (Lipinski definition) is 1. The number of carbonyl (C=O) groups excluding carboxylic acids is 1. The first-order chi connectivity index (χ1) is 13.9. The number of aryl methyl sites for hydroxylation is 2. The van der Waals surface area contributed by atoms with E-state index in [1.807, 2.05) is 0 Å². The van der Waals surface area contributed by atoms with E-state index in [1.165, 1.54) is 0 Å². The first kappa shape index (κ1) is 21.5.